The first-order valence-electron chi connectivity index (χ1n) is 8.80. The lowest BCUT2D eigenvalue weighted by Gasteiger charge is -2.16. The van der Waals surface area contributed by atoms with Crippen molar-refractivity contribution in [2.45, 2.75) is 32.0 Å². The number of hydrogen-bond donors (Lipinski definition) is 0. The van der Waals surface area contributed by atoms with Crippen LogP contribution < -0.4 is 9.47 Å². The third-order valence-corrected chi connectivity index (χ3v) is 6.01. The number of benzene rings is 1. The second-order valence-electron chi connectivity index (χ2n) is 6.16. The van der Waals surface area contributed by atoms with Crippen molar-refractivity contribution in [1.82, 2.24) is 14.8 Å². The molecule has 1 unspecified atom stereocenters. The summed E-state index contributed by atoms with van der Waals surface area (Å²) in [6.07, 6.45) is 0.202. The van der Waals surface area contributed by atoms with Gasteiger partial charge in [-0.1, -0.05) is 17.8 Å². The molecule has 0 saturated carbocycles. The Bertz CT molecular complexity index is 904. The van der Waals surface area contributed by atoms with E-state index >= 15 is 0 Å². The molecule has 150 valence electrons. The summed E-state index contributed by atoms with van der Waals surface area (Å²) in [5, 5.41) is 9.50. The van der Waals surface area contributed by atoms with E-state index in [9.17, 15) is 0 Å². The average molecular weight is 421 g/mol. The molecule has 0 spiro atoms. The van der Waals surface area contributed by atoms with Crippen LogP contribution in [0.25, 0.3) is 17.3 Å². The van der Waals surface area contributed by atoms with Crippen molar-refractivity contribution in [1.29, 1.82) is 0 Å². The Labute approximate surface area is 170 Å². The number of rotatable bonds is 9. The Hall–Kier alpha value is -2.02. The molecular formula is C19H24N3O4PS. The van der Waals surface area contributed by atoms with Crippen LogP contribution in [0.5, 0.6) is 11.5 Å². The van der Waals surface area contributed by atoms with Crippen LogP contribution >= 0.6 is 20.6 Å². The van der Waals surface area contributed by atoms with E-state index in [0.717, 1.165) is 16.9 Å². The minimum absolute atomic E-state index is 0.202. The van der Waals surface area contributed by atoms with Gasteiger partial charge in [0.1, 0.15) is 22.9 Å². The number of methoxy groups -OCH3 is 2. The largest absolute Gasteiger partial charge is 0.494 e. The highest BCUT2D eigenvalue weighted by Crippen LogP contribution is 2.39. The molecule has 2 heterocycles. The zero-order chi connectivity index (χ0) is 20.1. The molecule has 28 heavy (non-hydrogen) atoms. The molecule has 0 aliphatic rings. The second kappa shape index (κ2) is 9.45. The summed E-state index contributed by atoms with van der Waals surface area (Å²) in [6.45, 7) is 5.95. The fraction of sp³-hybridized carbons (Fsp3) is 0.368. The van der Waals surface area contributed by atoms with Gasteiger partial charge in [-0.3, -0.25) is 4.57 Å². The van der Waals surface area contributed by atoms with E-state index < -0.39 is 0 Å². The van der Waals surface area contributed by atoms with Gasteiger partial charge in [-0.25, -0.2) is 0 Å². The van der Waals surface area contributed by atoms with Gasteiger partial charge < -0.3 is 18.4 Å². The molecule has 9 heteroatoms. The van der Waals surface area contributed by atoms with Crippen LogP contribution in [0, 0.1) is 6.92 Å². The summed E-state index contributed by atoms with van der Waals surface area (Å²) in [6, 6.07) is 9.43. The molecule has 0 radical (unpaired) electrons. The smallest absolute Gasteiger partial charge is 0.205 e. The van der Waals surface area contributed by atoms with E-state index in [1.54, 1.807) is 26.0 Å². The van der Waals surface area contributed by atoms with Gasteiger partial charge in [0, 0.05) is 14.3 Å². The molecule has 3 rings (SSSR count). The number of aromatic nitrogens is 3. The van der Waals surface area contributed by atoms with E-state index in [0.29, 0.717) is 37.0 Å². The Morgan fingerprint density at radius 2 is 1.82 bits per heavy atom. The summed E-state index contributed by atoms with van der Waals surface area (Å²) < 4.78 is 24.6. The zero-order valence-electron chi connectivity index (χ0n) is 16.6. The quantitative estimate of drug-likeness (QED) is 0.276. The first-order chi connectivity index (χ1) is 13.5. The standard InChI is InChI=1S/C19H24N3O4PS/c1-12(2)26-27-11-28-19-21-20-18(16-10-9-13(3)25-16)22(19)17-14(23-4)7-6-8-15(17)24-5/h6-10,12,27H,11H2,1-5H3. The van der Waals surface area contributed by atoms with Crippen molar-refractivity contribution in [2.75, 3.05) is 19.7 Å². The number of nitrogens with zero attached hydrogens (tertiary/aromatic N) is 3. The first-order valence-corrected chi connectivity index (χ1v) is 10.9. The third kappa shape index (κ3) is 4.51. The second-order valence-corrected chi connectivity index (χ2v) is 8.50. The molecule has 0 saturated heterocycles. The van der Waals surface area contributed by atoms with Crippen molar-refractivity contribution in [3.63, 3.8) is 0 Å². The fourth-order valence-electron chi connectivity index (χ4n) is 2.63. The highest BCUT2D eigenvalue weighted by molar-refractivity contribution is 8.02. The molecule has 7 nitrogen and oxygen atoms in total. The normalized spacial score (nSPS) is 11.6. The maximum absolute atomic E-state index is 5.81. The van der Waals surface area contributed by atoms with Crippen LogP contribution in [0.4, 0.5) is 0 Å². The Kier molecular flexibility index (Phi) is 6.99. The molecule has 0 fully saturated rings. The number of thioether (sulfide) groups is 1. The number of aryl methyl sites for hydroxylation is 1. The van der Waals surface area contributed by atoms with Gasteiger partial charge in [-0.2, -0.15) is 0 Å². The molecule has 0 aliphatic carbocycles. The SMILES string of the molecule is COc1cccc(OC)c1-n1c(SCPOC(C)C)nnc1-c1ccc(C)o1. The molecule has 1 atom stereocenters. The zero-order valence-corrected chi connectivity index (χ0v) is 18.4. The van der Waals surface area contributed by atoms with Crippen LogP contribution in [0.3, 0.4) is 0 Å². The molecule has 0 aliphatic heterocycles. The lowest BCUT2D eigenvalue weighted by atomic mass is 10.2. The maximum atomic E-state index is 5.81. The first kappa shape index (κ1) is 20.7. The molecule has 1 aromatic carbocycles. The van der Waals surface area contributed by atoms with E-state index in [1.807, 2.05) is 55.7 Å². The lowest BCUT2D eigenvalue weighted by Crippen LogP contribution is -2.04. The molecule has 3 aromatic rings. The lowest BCUT2D eigenvalue weighted by molar-refractivity contribution is 0.280. The van der Waals surface area contributed by atoms with Gasteiger partial charge in [0.05, 0.1) is 20.3 Å². The van der Waals surface area contributed by atoms with Gasteiger partial charge in [0.15, 0.2) is 10.9 Å². The van der Waals surface area contributed by atoms with Crippen LogP contribution in [0.2, 0.25) is 0 Å². The van der Waals surface area contributed by atoms with E-state index in [4.69, 9.17) is 18.4 Å². The van der Waals surface area contributed by atoms with Crippen molar-refractivity contribution < 1.29 is 18.4 Å². The summed E-state index contributed by atoms with van der Waals surface area (Å²) in [5.41, 5.74) is 1.50. The van der Waals surface area contributed by atoms with E-state index in [1.165, 1.54) is 0 Å². The summed E-state index contributed by atoms with van der Waals surface area (Å²) >= 11 is 1.57. The summed E-state index contributed by atoms with van der Waals surface area (Å²) in [4.78, 5) is 0. The molecule has 0 bridgehead atoms. The van der Waals surface area contributed by atoms with E-state index in [-0.39, 0.29) is 6.10 Å². The Morgan fingerprint density at radius 1 is 1.11 bits per heavy atom. The Morgan fingerprint density at radius 3 is 2.39 bits per heavy atom. The van der Waals surface area contributed by atoms with Crippen LogP contribution in [-0.2, 0) is 4.52 Å². The monoisotopic (exact) mass is 421 g/mol. The van der Waals surface area contributed by atoms with Gasteiger partial charge >= 0.3 is 0 Å². The number of hydrogen-bond acceptors (Lipinski definition) is 7. The predicted molar refractivity (Wildman–Crippen MR) is 112 cm³/mol. The van der Waals surface area contributed by atoms with Crippen molar-refractivity contribution in [2.24, 2.45) is 0 Å². The summed E-state index contributed by atoms with van der Waals surface area (Å²) in [7, 11) is 3.62. The van der Waals surface area contributed by atoms with Gasteiger partial charge in [-0.05, 0) is 45.0 Å². The van der Waals surface area contributed by atoms with Gasteiger partial charge in [-0.15, -0.1) is 10.2 Å². The fourth-order valence-corrected chi connectivity index (χ4v) is 4.39. The van der Waals surface area contributed by atoms with Gasteiger partial charge in [0.25, 0.3) is 0 Å². The topological polar surface area (TPSA) is 71.5 Å². The summed E-state index contributed by atoms with van der Waals surface area (Å²) in [5.74, 6) is 3.34. The molecule has 0 N–H and O–H groups in total. The molecular weight excluding hydrogens is 397 g/mol. The minimum atomic E-state index is 0.202. The highest BCUT2D eigenvalue weighted by atomic mass is 32.2. The highest BCUT2D eigenvalue weighted by Gasteiger charge is 2.24. The number of furan rings is 1. The van der Waals surface area contributed by atoms with Crippen molar-refractivity contribution in [3.05, 3.63) is 36.1 Å². The molecule has 2 aromatic heterocycles. The Balaban J connectivity index is 2.08. The van der Waals surface area contributed by atoms with Crippen LogP contribution in [0.15, 0.2) is 39.9 Å². The molecule has 0 amide bonds. The van der Waals surface area contributed by atoms with Crippen LogP contribution in [-0.4, -0.2) is 40.6 Å². The van der Waals surface area contributed by atoms with Crippen LogP contribution in [0.1, 0.15) is 19.6 Å². The minimum Gasteiger partial charge on any atom is -0.494 e. The maximum Gasteiger partial charge on any atom is 0.205 e. The van der Waals surface area contributed by atoms with E-state index in [2.05, 4.69) is 10.2 Å². The average Bonchev–Trinajstić information content (AvgIpc) is 3.30. The number of para-hydroxylation sites is 1. The third-order valence-electron chi connectivity index (χ3n) is 3.80. The van der Waals surface area contributed by atoms with Gasteiger partial charge in [0.2, 0.25) is 5.82 Å². The van der Waals surface area contributed by atoms with Crippen molar-refractivity contribution in [3.8, 4) is 28.8 Å². The predicted octanol–water partition coefficient (Wildman–Crippen LogP) is 4.92. The van der Waals surface area contributed by atoms with Crippen molar-refractivity contribution >= 4 is 20.6 Å². The number of ether oxygens (including phenoxy) is 2.